The van der Waals surface area contributed by atoms with Crippen LogP contribution in [0.15, 0.2) is 54.6 Å². The lowest BCUT2D eigenvalue weighted by molar-refractivity contribution is -0.137. The first kappa shape index (κ1) is 20.2. The highest BCUT2D eigenvalue weighted by molar-refractivity contribution is 6.33. The number of carbonyl (C=O) groups is 3. The van der Waals surface area contributed by atoms with Gasteiger partial charge in [0.05, 0.1) is 16.6 Å². The van der Waals surface area contributed by atoms with Gasteiger partial charge in [-0.2, -0.15) is 0 Å². The van der Waals surface area contributed by atoms with E-state index in [4.69, 9.17) is 11.6 Å². The van der Waals surface area contributed by atoms with Gasteiger partial charge in [-0.05, 0) is 24.3 Å². The number of nitrogens with one attached hydrogen (secondary N) is 1. The standard InChI is InChI=1S/C22H23ClN4O3/c23-18-8-4-5-9-19(18)27-15-16(14-20(27)28)21(29)25-10-12-26(13-11-25)22(30)24-17-6-2-1-3-7-17/h1-9,16H,10-15H2,(H,24,30)/t16-/m1/s1. The number of para-hydroxylation sites is 2. The Morgan fingerprint density at radius 2 is 1.53 bits per heavy atom. The highest BCUT2D eigenvalue weighted by atomic mass is 35.5. The van der Waals surface area contributed by atoms with Crippen molar-refractivity contribution in [3.05, 3.63) is 59.6 Å². The van der Waals surface area contributed by atoms with Crippen LogP contribution in [0.1, 0.15) is 6.42 Å². The molecule has 2 aliphatic rings. The molecule has 30 heavy (non-hydrogen) atoms. The van der Waals surface area contributed by atoms with E-state index in [1.165, 1.54) is 0 Å². The molecule has 4 amide bonds. The van der Waals surface area contributed by atoms with Gasteiger partial charge >= 0.3 is 6.03 Å². The lowest BCUT2D eigenvalue weighted by Gasteiger charge is -2.35. The molecule has 0 unspecified atom stereocenters. The van der Waals surface area contributed by atoms with Gasteiger partial charge in [0.25, 0.3) is 0 Å². The number of piperazine rings is 1. The molecule has 0 spiro atoms. The maximum absolute atomic E-state index is 13.0. The topological polar surface area (TPSA) is 73.0 Å². The van der Waals surface area contributed by atoms with Crippen molar-refractivity contribution in [3.8, 4) is 0 Å². The van der Waals surface area contributed by atoms with Gasteiger partial charge in [-0.15, -0.1) is 0 Å². The summed E-state index contributed by atoms with van der Waals surface area (Å²) in [6.45, 7) is 2.16. The molecule has 2 fully saturated rings. The van der Waals surface area contributed by atoms with E-state index in [2.05, 4.69) is 5.32 Å². The fourth-order valence-electron chi connectivity index (χ4n) is 3.89. The molecule has 8 heteroatoms. The first-order chi connectivity index (χ1) is 14.5. The van der Waals surface area contributed by atoms with Crippen LogP contribution in [-0.4, -0.2) is 60.4 Å². The first-order valence-corrected chi connectivity index (χ1v) is 10.4. The molecule has 2 aromatic carbocycles. The van der Waals surface area contributed by atoms with Crippen molar-refractivity contribution in [2.45, 2.75) is 6.42 Å². The van der Waals surface area contributed by atoms with E-state index in [0.717, 1.165) is 5.69 Å². The van der Waals surface area contributed by atoms with Crippen LogP contribution in [0.5, 0.6) is 0 Å². The Morgan fingerprint density at radius 3 is 2.23 bits per heavy atom. The van der Waals surface area contributed by atoms with Gasteiger partial charge in [0, 0.05) is 44.8 Å². The average molecular weight is 427 g/mol. The average Bonchev–Trinajstić information content (AvgIpc) is 3.15. The number of hydrogen-bond acceptors (Lipinski definition) is 3. The number of hydrogen-bond donors (Lipinski definition) is 1. The molecule has 0 bridgehead atoms. The number of urea groups is 1. The predicted molar refractivity (Wildman–Crippen MR) is 116 cm³/mol. The number of amides is 4. The molecular weight excluding hydrogens is 404 g/mol. The van der Waals surface area contributed by atoms with Crippen LogP contribution >= 0.6 is 11.6 Å². The predicted octanol–water partition coefficient (Wildman–Crippen LogP) is 3.07. The molecule has 0 saturated carbocycles. The SMILES string of the molecule is O=C(Nc1ccccc1)N1CCN(C(=O)[C@@H]2CC(=O)N(c3ccccc3Cl)C2)CC1. The molecule has 2 heterocycles. The monoisotopic (exact) mass is 426 g/mol. The third-order valence-electron chi connectivity index (χ3n) is 5.52. The second-order valence-corrected chi connectivity index (χ2v) is 7.87. The minimum absolute atomic E-state index is 0.0407. The second kappa shape index (κ2) is 8.75. The molecule has 0 aromatic heterocycles. The summed E-state index contributed by atoms with van der Waals surface area (Å²) in [5.41, 5.74) is 1.38. The van der Waals surface area contributed by atoms with Crippen LogP contribution in [-0.2, 0) is 9.59 Å². The summed E-state index contributed by atoms with van der Waals surface area (Å²) < 4.78 is 0. The Morgan fingerprint density at radius 1 is 0.900 bits per heavy atom. The zero-order chi connectivity index (χ0) is 21.1. The highest BCUT2D eigenvalue weighted by Crippen LogP contribution is 2.31. The molecule has 1 atom stereocenters. The Hall–Kier alpha value is -3.06. The maximum Gasteiger partial charge on any atom is 0.321 e. The van der Waals surface area contributed by atoms with Gasteiger partial charge in [0.1, 0.15) is 0 Å². The summed E-state index contributed by atoms with van der Waals surface area (Å²) >= 11 is 6.22. The molecule has 0 radical (unpaired) electrons. The van der Waals surface area contributed by atoms with Crippen molar-refractivity contribution >= 4 is 40.8 Å². The number of rotatable bonds is 3. The van der Waals surface area contributed by atoms with Gasteiger partial charge < -0.3 is 20.0 Å². The van der Waals surface area contributed by atoms with Crippen molar-refractivity contribution in [2.75, 3.05) is 42.9 Å². The van der Waals surface area contributed by atoms with E-state index >= 15 is 0 Å². The third kappa shape index (κ3) is 4.26. The van der Waals surface area contributed by atoms with E-state index in [0.29, 0.717) is 43.4 Å². The lowest BCUT2D eigenvalue weighted by Crippen LogP contribution is -2.53. The van der Waals surface area contributed by atoms with Gasteiger partial charge in [-0.3, -0.25) is 9.59 Å². The summed E-state index contributed by atoms with van der Waals surface area (Å²) in [6.07, 6.45) is 0.179. The Balaban J connectivity index is 1.32. The molecule has 1 N–H and O–H groups in total. The number of anilines is 2. The molecule has 2 saturated heterocycles. The van der Waals surface area contributed by atoms with Gasteiger partial charge in [0.2, 0.25) is 11.8 Å². The fourth-order valence-corrected chi connectivity index (χ4v) is 4.13. The van der Waals surface area contributed by atoms with E-state index in [1.807, 2.05) is 42.5 Å². The summed E-state index contributed by atoms with van der Waals surface area (Å²) in [6, 6.07) is 16.3. The zero-order valence-corrected chi connectivity index (χ0v) is 17.2. The Labute approximate surface area is 180 Å². The molecule has 156 valence electrons. The van der Waals surface area contributed by atoms with E-state index in [1.54, 1.807) is 26.8 Å². The van der Waals surface area contributed by atoms with Crippen molar-refractivity contribution in [1.29, 1.82) is 0 Å². The number of benzene rings is 2. The lowest BCUT2D eigenvalue weighted by atomic mass is 10.1. The first-order valence-electron chi connectivity index (χ1n) is 9.97. The van der Waals surface area contributed by atoms with Gasteiger partial charge in [-0.25, -0.2) is 4.79 Å². The molecular formula is C22H23ClN4O3. The van der Waals surface area contributed by atoms with Crippen LogP contribution in [0.4, 0.5) is 16.2 Å². The molecule has 7 nitrogen and oxygen atoms in total. The second-order valence-electron chi connectivity index (χ2n) is 7.47. The summed E-state index contributed by atoms with van der Waals surface area (Å²) in [5.74, 6) is -0.526. The van der Waals surface area contributed by atoms with E-state index < -0.39 is 5.92 Å². The largest absolute Gasteiger partial charge is 0.339 e. The summed E-state index contributed by atoms with van der Waals surface area (Å²) in [7, 11) is 0. The zero-order valence-electron chi connectivity index (χ0n) is 16.5. The highest BCUT2D eigenvalue weighted by Gasteiger charge is 2.38. The molecule has 2 aromatic rings. The van der Waals surface area contributed by atoms with Crippen LogP contribution in [0.25, 0.3) is 0 Å². The normalized spacial score (nSPS) is 19.2. The fraction of sp³-hybridized carbons (Fsp3) is 0.318. The Kier molecular flexibility index (Phi) is 5.90. The minimum Gasteiger partial charge on any atom is -0.339 e. The smallest absolute Gasteiger partial charge is 0.321 e. The number of halogens is 1. The van der Waals surface area contributed by atoms with Crippen molar-refractivity contribution in [1.82, 2.24) is 9.80 Å². The number of carbonyl (C=O) groups excluding carboxylic acids is 3. The van der Waals surface area contributed by atoms with Crippen molar-refractivity contribution in [3.63, 3.8) is 0 Å². The quantitative estimate of drug-likeness (QED) is 0.819. The van der Waals surface area contributed by atoms with Crippen LogP contribution in [0.2, 0.25) is 5.02 Å². The maximum atomic E-state index is 13.0. The molecule has 0 aliphatic carbocycles. The third-order valence-corrected chi connectivity index (χ3v) is 5.84. The van der Waals surface area contributed by atoms with E-state index in [-0.39, 0.29) is 24.3 Å². The van der Waals surface area contributed by atoms with Gasteiger partial charge in [-0.1, -0.05) is 41.9 Å². The van der Waals surface area contributed by atoms with Crippen molar-refractivity contribution < 1.29 is 14.4 Å². The summed E-state index contributed by atoms with van der Waals surface area (Å²) in [4.78, 5) is 42.9. The number of nitrogens with zero attached hydrogens (tertiary/aromatic N) is 3. The van der Waals surface area contributed by atoms with Crippen LogP contribution in [0.3, 0.4) is 0 Å². The van der Waals surface area contributed by atoms with Gasteiger partial charge in [0.15, 0.2) is 0 Å². The minimum atomic E-state index is -0.390. The van der Waals surface area contributed by atoms with Crippen molar-refractivity contribution in [2.24, 2.45) is 5.92 Å². The van der Waals surface area contributed by atoms with Crippen LogP contribution < -0.4 is 10.2 Å². The Bertz CT molecular complexity index is 944. The van der Waals surface area contributed by atoms with E-state index in [9.17, 15) is 14.4 Å². The van der Waals surface area contributed by atoms with Crippen LogP contribution in [0, 0.1) is 5.92 Å². The summed E-state index contributed by atoms with van der Waals surface area (Å²) in [5, 5.41) is 3.36. The molecule has 4 rings (SSSR count). The molecule has 2 aliphatic heterocycles.